The molecule has 2 aromatic heterocycles. The lowest BCUT2D eigenvalue weighted by atomic mass is 10.0. The molecular formula is C18H14F3N3O. The molecule has 1 unspecified atom stereocenters. The van der Waals surface area contributed by atoms with Crippen molar-refractivity contribution in [1.82, 2.24) is 9.38 Å². The van der Waals surface area contributed by atoms with Crippen molar-refractivity contribution in [3.05, 3.63) is 54.1 Å². The lowest BCUT2D eigenvalue weighted by Crippen LogP contribution is -2.17. The van der Waals surface area contributed by atoms with Gasteiger partial charge in [0.1, 0.15) is 17.4 Å². The van der Waals surface area contributed by atoms with Gasteiger partial charge in [-0.15, -0.1) is 0 Å². The van der Waals surface area contributed by atoms with E-state index in [9.17, 15) is 18.0 Å². The summed E-state index contributed by atoms with van der Waals surface area (Å²) in [6, 6.07) is 8.37. The fourth-order valence-electron chi connectivity index (χ4n) is 2.84. The fraction of sp³-hybridized carbons (Fsp3) is 0.222. The lowest BCUT2D eigenvalue weighted by molar-refractivity contribution is -0.119. The molecule has 1 N–H and O–H groups in total. The number of imidazole rings is 1. The monoisotopic (exact) mass is 345 g/mol. The quantitative estimate of drug-likeness (QED) is 0.779. The van der Waals surface area contributed by atoms with E-state index in [4.69, 9.17) is 0 Å². The van der Waals surface area contributed by atoms with Gasteiger partial charge >= 0.3 is 0 Å². The predicted octanol–water partition coefficient (Wildman–Crippen LogP) is 4.04. The summed E-state index contributed by atoms with van der Waals surface area (Å²) in [5.74, 6) is -4.99. The molecule has 0 saturated heterocycles. The van der Waals surface area contributed by atoms with Crippen molar-refractivity contribution in [2.75, 3.05) is 5.32 Å². The normalized spacial score (nSPS) is 18.3. The molecule has 7 heteroatoms. The van der Waals surface area contributed by atoms with Crippen LogP contribution in [0, 0.1) is 18.7 Å². The number of pyridine rings is 1. The third kappa shape index (κ3) is 2.75. The lowest BCUT2D eigenvalue weighted by Gasteiger charge is -2.07. The van der Waals surface area contributed by atoms with Crippen LogP contribution in [0.4, 0.5) is 19.0 Å². The molecule has 2 heterocycles. The highest BCUT2D eigenvalue weighted by atomic mass is 19.3. The average Bonchev–Trinajstić information content (AvgIpc) is 3.02. The molecule has 0 bridgehead atoms. The van der Waals surface area contributed by atoms with Crippen molar-refractivity contribution >= 4 is 17.4 Å². The fourth-order valence-corrected chi connectivity index (χ4v) is 2.84. The van der Waals surface area contributed by atoms with Gasteiger partial charge in [0.25, 0.3) is 5.92 Å². The van der Waals surface area contributed by atoms with Crippen LogP contribution in [0.5, 0.6) is 0 Å². The van der Waals surface area contributed by atoms with Gasteiger partial charge in [0.2, 0.25) is 5.91 Å². The molecule has 4 rings (SSSR count). The van der Waals surface area contributed by atoms with Crippen LogP contribution in [0.1, 0.15) is 12.0 Å². The number of fused-ring (bicyclic) bond motifs is 1. The second-order valence-corrected chi connectivity index (χ2v) is 6.23. The summed E-state index contributed by atoms with van der Waals surface area (Å²) in [6.45, 7) is 1.70. The van der Waals surface area contributed by atoms with Gasteiger partial charge in [-0.05, 0) is 41.8 Å². The van der Waals surface area contributed by atoms with Gasteiger partial charge in [0, 0.05) is 12.6 Å². The third-order valence-corrected chi connectivity index (χ3v) is 4.42. The van der Waals surface area contributed by atoms with E-state index in [-0.39, 0.29) is 11.6 Å². The number of carbonyl (C=O) groups is 1. The van der Waals surface area contributed by atoms with Gasteiger partial charge < -0.3 is 9.72 Å². The Morgan fingerprint density at radius 3 is 2.76 bits per heavy atom. The Balaban J connectivity index is 1.63. The van der Waals surface area contributed by atoms with Gasteiger partial charge in [-0.3, -0.25) is 4.79 Å². The number of anilines is 1. The van der Waals surface area contributed by atoms with E-state index in [2.05, 4.69) is 10.3 Å². The van der Waals surface area contributed by atoms with Crippen LogP contribution in [-0.2, 0) is 4.79 Å². The molecule has 128 valence electrons. The van der Waals surface area contributed by atoms with Gasteiger partial charge in [-0.2, -0.15) is 0 Å². The van der Waals surface area contributed by atoms with E-state index in [0.717, 1.165) is 11.1 Å². The Morgan fingerprint density at radius 2 is 2.04 bits per heavy atom. The molecule has 0 aliphatic heterocycles. The summed E-state index contributed by atoms with van der Waals surface area (Å²) >= 11 is 0. The number of halogens is 3. The molecule has 1 saturated carbocycles. The largest absolute Gasteiger partial charge is 0.309 e. The topological polar surface area (TPSA) is 46.4 Å². The zero-order valence-electron chi connectivity index (χ0n) is 13.3. The Bertz CT molecular complexity index is 996. The summed E-state index contributed by atoms with van der Waals surface area (Å²) < 4.78 is 41.3. The summed E-state index contributed by atoms with van der Waals surface area (Å²) in [5.41, 5.74) is 2.62. The maximum atomic E-state index is 13.7. The van der Waals surface area contributed by atoms with Crippen LogP contribution >= 0.6 is 0 Å². The Labute approximate surface area is 141 Å². The smallest absolute Gasteiger partial charge is 0.260 e. The molecule has 1 atom stereocenters. The van der Waals surface area contributed by atoms with Crippen molar-refractivity contribution in [1.29, 1.82) is 0 Å². The van der Waals surface area contributed by atoms with Crippen LogP contribution < -0.4 is 5.32 Å². The number of nitrogens with one attached hydrogen (secondary N) is 1. The van der Waals surface area contributed by atoms with Crippen LogP contribution in [-0.4, -0.2) is 21.2 Å². The molecule has 1 amide bonds. The van der Waals surface area contributed by atoms with E-state index >= 15 is 0 Å². The van der Waals surface area contributed by atoms with E-state index in [0.29, 0.717) is 11.2 Å². The third-order valence-electron chi connectivity index (χ3n) is 4.42. The Morgan fingerprint density at radius 1 is 1.28 bits per heavy atom. The highest BCUT2D eigenvalue weighted by Gasteiger charge is 2.61. The predicted molar refractivity (Wildman–Crippen MR) is 87.0 cm³/mol. The standard InChI is InChI=1S/C18H14F3N3O/c1-10-12(3-2-4-14(10)19)11-5-6-16-22-15(9-24(16)8-11)23-17(25)13-7-18(13,20)21/h2-6,8-9,13H,7H2,1H3,(H,23,25). The number of nitrogens with zero attached hydrogens (tertiary/aromatic N) is 2. The molecule has 4 nitrogen and oxygen atoms in total. The molecule has 3 aromatic rings. The first kappa shape index (κ1) is 15.7. The number of amides is 1. The maximum Gasteiger partial charge on any atom is 0.260 e. The van der Waals surface area contributed by atoms with Crippen molar-refractivity contribution in [2.45, 2.75) is 19.3 Å². The van der Waals surface area contributed by atoms with Crippen molar-refractivity contribution < 1.29 is 18.0 Å². The van der Waals surface area contributed by atoms with Gasteiger partial charge in [0.05, 0.1) is 6.20 Å². The summed E-state index contributed by atoms with van der Waals surface area (Å²) in [5, 5.41) is 2.42. The first-order chi connectivity index (χ1) is 11.8. The molecule has 1 fully saturated rings. The minimum atomic E-state index is -2.91. The summed E-state index contributed by atoms with van der Waals surface area (Å²) in [6.07, 6.45) is 2.88. The van der Waals surface area contributed by atoms with E-state index in [1.165, 1.54) is 6.07 Å². The van der Waals surface area contributed by atoms with Crippen molar-refractivity contribution in [2.24, 2.45) is 5.92 Å². The van der Waals surface area contributed by atoms with E-state index in [1.807, 2.05) is 6.07 Å². The van der Waals surface area contributed by atoms with E-state index < -0.39 is 24.2 Å². The molecule has 1 aliphatic carbocycles. The van der Waals surface area contributed by atoms with Crippen molar-refractivity contribution in [3.8, 4) is 11.1 Å². The van der Waals surface area contributed by atoms with Gasteiger partial charge in [-0.1, -0.05) is 12.1 Å². The Kier molecular flexibility index (Phi) is 3.35. The molecule has 0 radical (unpaired) electrons. The minimum absolute atomic E-state index is 0.209. The molecule has 25 heavy (non-hydrogen) atoms. The first-order valence-corrected chi connectivity index (χ1v) is 7.78. The summed E-state index contributed by atoms with van der Waals surface area (Å²) in [4.78, 5) is 16.0. The SMILES string of the molecule is Cc1c(F)cccc1-c1ccc2nc(NC(=O)C3CC3(F)F)cn2c1. The maximum absolute atomic E-state index is 13.7. The zero-order chi connectivity index (χ0) is 17.8. The van der Waals surface area contributed by atoms with Crippen molar-refractivity contribution in [3.63, 3.8) is 0 Å². The van der Waals surface area contributed by atoms with Crippen LogP contribution in [0.25, 0.3) is 16.8 Å². The number of alkyl halides is 2. The van der Waals surface area contributed by atoms with Gasteiger partial charge in [0.15, 0.2) is 5.82 Å². The van der Waals surface area contributed by atoms with Gasteiger partial charge in [-0.25, -0.2) is 18.2 Å². The number of hydrogen-bond donors (Lipinski definition) is 1. The molecule has 0 spiro atoms. The Hall–Kier alpha value is -2.83. The minimum Gasteiger partial charge on any atom is -0.309 e. The second kappa shape index (κ2) is 5.34. The van der Waals surface area contributed by atoms with Crippen LogP contribution in [0.15, 0.2) is 42.7 Å². The number of carbonyl (C=O) groups excluding carboxylic acids is 1. The summed E-state index contributed by atoms with van der Waals surface area (Å²) in [7, 11) is 0. The zero-order valence-corrected chi connectivity index (χ0v) is 13.3. The first-order valence-electron chi connectivity index (χ1n) is 7.78. The average molecular weight is 345 g/mol. The number of benzene rings is 1. The van der Waals surface area contributed by atoms with Crippen LogP contribution in [0.2, 0.25) is 0 Å². The number of aromatic nitrogens is 2. The molecular weight excluding hydrogens is 331 g/mol. The van der Waals surface area contributed by atoms with Crippen LogP contribution in [0.3, 0.4) is 0 Å². The second-order valence-electron chi connectivity index (χ2n) is 6.23. The highest BCUT2D eigenvalue weighted by molar-refractivity contribution is 5.94. The molecule has 1 aliphatic rings. The number of hydrogen-bond acceptors (Lipinski definition) is 2. The molecule has 1 aromatic carbocycles. The van der Waals surface area contributed by atoms with E-state index in [1.54, 1.807) is 41.9 Å². The highest BCUT2D eigenvalue weighted by Crippen LogP contribution is 2.49. The number of rotatable bonds is 3.